The molecular weight excluding hydrogens is 336 g/mol. The molecule has 0 bridgehead atoms. The van der Waals surface area contributed by atoms with Crippen molar-refractivity contribution in [1.29, 1.82) is 0 Å². The van der Waals surface area contributed by atoms with Gasteiger partial charge in [-0.1, -0.05) is 12.1 Å². The van der Waals surface area contributed by atoms with E-state index in [0.717, 1.165) is 23.4 Å². The molecule has 1 heterocycles. The smallest absolute Gasteiger partial charge is 0.229 e. The Balaban J connectivity index is 2.08. The molecule has 0 aliphatic carbocycles. The third kappa shape index (κ3) is 6.34. The van der Waals surface area contributed by atoms with Crippen LogP contribution in [-0.2, 0) is 6.42 Å². The number of thiocarbonyl (C=S) groups is 1. The van der Waals surface area contributed by atoms with E-state index >= 15 is 0 Å². The summed E-state index contributed by atoms with van der Waals surface area (Å²) < 4.78 is 0. The molecule has 0 saturated carbocycles. The van der Waals surface area contributed by atoms with Gasteiger partial charge in [-0.15, -0.1) is 0 Å². The van der Waals surface area contributed by atoms with Gasteiger partial charge in [0.05, 0.1) is 0 Å². The molecule has 0 aliphatic rings. The summed E-state index contributed by atoms with van der Waals surface area (Å²) in [6.07, 6.45) is 0.729. The molecule has 2 aromatic rings. The Morgan fingerprint density at radius 1 is 1.16 bits per heavy atom. The van der Waals surface area contributed by atoms with Crippen LogP contribution in [0, 0.1) is 13.8 Å². The fourth-order valence-corrected chi connectivity index (χ4v) is 2.22. The fraction of sp³-hybridized carbons (Fsp3) is 0.294. The minimum Gasteiger partial charge on any atom is -0.508 e. The molecule has 0 amide bonds. The molecule has 7 nitrogen and oxygen atoms in total. The van der Waals surface area contributed by atoms with Crippen LogP contribution in [0.1, 0.15) is 17.0 Å². The van der Waals surface area contributed by atoms with Gasteiger partial charge in [-0.25, -0.2) is 9.97 Å². The normalized spacial score (nSPS) is 11.1. The number of phenolic OH excluding ortho intramolecular Hbond substituents is 1. The lowest BCUT2D eigenvalue weighted by Gasteiger charge is -2.12. The molecule has 132 valence electrons. The van der Waals surface area contributed by atoms with Crippen molar-refractivity contribution in [2.45, 2.75) is 20.3 Å². The summed E-state index contributed by atoms with van der Waals surface area (Å²) in [5.41, 5.74) is 2.82. The lowest BCUT2D eigenvalue weighted by molar-refractivity contribution is 0.475. The number of benzene rings is 1. The zero-order valence-electron chi connectivity index (χ0n) is 14.5. The van der Waals surface area contributed by atoms with E-state index in [1.54, 1.807) is 19.2 Å². The molecule has 2 rings (SSSR count). The van der Waals surface area contributed by atoms with Crippen molar-refractivity contribution >= 4 is 29.2 Å². The summed E-state index contributed by atoms with van der Waals surface area (Å²) in [7, 11) is 1.73. The molecule has 8 heteroatoms. The number of guanidine groups is 1. The first-order valence-electron chi connectivity index (χ1n) is 7.86. The van der Waals surface area contributed by atoms with Crippen LogP contribution in [0.25, 0.3) is 0 Å². The maximum Gasteiger partial charge on any atom is 0.229 e. The Kier molecular flexibility index (Phi) is 6.64. The van der Waals surface area contributed by atoms with Gasteiger partial charge in [0.25, 0.3) is 0 Å². The van der Waals surface area contributed by atoms with E-state index in [0.29, 0.717) is 23.6 Å². The number of nitrogens with one attached hydrogen (secondary N) is 3. The van der Waals surface area contributed by atoms with E-state index in [4.69, 9.17) is 12.2 Å². The van der Waals surface area contributed by atoms with Gasteiger partial charge >= 0.3 is 0 Å². The Labute approximate surface area is 152 Å². The van der Waals surface area contributed by atoms with Crippen molar-refractivity contribution in [2.24, 2.45) is 4.99 Å². The van der Waals surface area contributed by atoms with Crippen molar-refractivity contribution in [1.82, 2.24) is 20.6 Å². The van der Waals surface area contributed by atoms with Crippen molar-refractivity contribution in [3.63, 3.8) is 0 Å². The summed E-state index contributed by atoms with van der Waals surface area (Å²) in [6, 6.07) is 8.97. The molecule has 0 atom stereocenters. The van der Waals surface area contributed by atoms with Gasteiger partial charge in [-0.3, -0.25) is 10.3 Å². The fourth-order valence-electron chi connectivity index (χ4n) is 2.13. The quantitative estimate of drug-likeness (QED) is 0.377. The Hall–Kier alpha value is -2.74. The van der Waals surface area contributed by atoms with Crippen LogP contribution in [0.2, 0.25) is 0 Å². The highest BCUT2D eigenvalue weighted by Crippen LogP contribution is 2.10. The number of anilines is 1. The number of aliphatic imine (C=N–C) groups is 1. The molecule has 25 heavy (non-hydrogen) atoms. The van der Waals surface area contributed by atoms with Crippen LogP contribution < -0.4 is 16.0 Å². The Bertz CT molecular complexity index is 740. The number of aromatic hydroxyl groups is 1. The molecule has 0 saturated heterocycles. The maximum atomic E-state index is 9.32. The lowest BCUT2D eigenvalue weighted by atomic mass is 10.1. The number of rotatable bonds is 4. The number of nitrogens with zero attached hydrogens (tertiary/aromatic N) is 3. The minimum atomic E-state index is 0.252. The largest absolute Gasteiger partial charge is 0.508 e. The predicted molar refractivity (Wildman–Crippen MR) is 104 cm³/mol. The Morgan fingerprint density at radius 2 is 1.80 bits per heavy atom. The van der Waals surface area contributed by atoms with Crippen molar-refractivity contribution in [3.05, 3.63) is 47.3 Å². The number of aromatic nitrogens is 2. The molecule has 4 N–H and O–H groups in total. The minimum absolute atomic E-state index is 0.252. The van der Waals surface area contributed by atoms with Gasteiger partial charge in [0.15, 0.2) is 5.11 Å². The summed E-state index contributed by atoms with van der Waals surface area (Å²) in [4.78, 5) is 13.2. The van der Waals surface area contributed by atoms with Gasteiger partial charge < -0.3 is 15.7 Å². The zero-order chi connectivity index (χ0) is 18.2. The second-order valence-corrected chi connectivity index (χ2v) is 5.86. The second kappa shape index (κ2) is 8.93. The number of aryl methyl sites for hydroxylation is 2. The van der Waals surface area contributed by atoms with E-state index in [-0.39, 0.29) is 5.75 Å². The van der Waals surface area contributed by atoms with E-state index < -0.39 is 0 Å². The summed E-state index contributed by atoms with van der Waals surface area (Å²) in [5, 5.41) is 18.7. The van der Waals surface area contributed by atoms with Gasteiger partial charge in [0.1, 0.15) is 5.75 Å². The standard InChI is InChI=1S/C17H22N6OS/c1-11-10-12(2)21-16(20-11)22-15(23-17(25)18-3)19-9-8-13-4-6-14(24)7-5-13/h4-7,10,24H,8-9H2,1-3H3,(H3,18,19,20,21,22,23,25). The third-order valence-corrected chi connectivity index (χ3v) is 3.58. The van der Waals surface area contributed by atoms with E-state index in [2.05, 4.69) is 30.9 Å². The molecule has 0 spiro atoms. The first-order chi connectivity index (χ1) is 12.0. The van der Waals surface area contributed by atoms with E-state index in [1.165, 1.54) is 0 Å². The van der Waals surface area contributed by atoms with Crippen molar-refractivity contribution in [2.75, 3.05) is 18.9 Å². The zero-order valence-corrected chi connectivity index (χ0v) is 15.3. The van der Waals surface area contributed by atoms with Gasteiger partial charge in [0.2, 0.25) is 11.9 Å². The second-order valence-electron chi connectivity index (χ2n) is 5.45. The van der Waals surface area contributed by atoms with Crippen LogP contribution in [0.4, 0.5) is 5.95 Å². The topological polar surface area (TPSA) is 94.5 Å². The summed E-state index contributed by atoms with van der Waals surface area (Å²) in [5.74, 6) is 1.19. The average Bonchev–Trinajstić information content (AvgIpc) is 2.55. The van der Waals surface area contributed by atoms with Crippen LogP contribution in [0.5, 0.6) is 5.75 Å². The molecule has 0 unspecified atom stereocenters. The van der Waals surface area contributed by atoms with Crippen molar-refractivity contribution in [3.8, 4) is 5.75 Å². The molecule has 0 aliphatic heterocycles. The predicted octanol–water partition coefficient (Wildman–Crippen LogP) is 1.90. The van der Waals surface area contributed by atoms with Gasteiger partial charge in [-0.05, 0) is 56.2 Å². The first-order valence-corrected chi connectivity index (χ1v) is 8.27. The SMILES string of the molecule is CNC(=S)NC(=NCCc1ccc(O)cc1)Nc1nc(C)cc(C)n1. The van der Waals surface area contributed by atoms with Crippen LogP contribution in [0.3, 0.4) is 0 Å². The molecule has 0 fully saturated rings. The highest BCUT2D eigenvalue weighted by Gasteiger charge is 2.06. The molecule has 0 radical (unpaired) electrons. The summed E-state index contributed by atoms with van der Waals surface area (Å²) in [6.45, 7) is 4.36. The van der Waals surface area contributed by atoms with Gasteiger partial charge in [0, 0.05) is 25.0 Å². The number of hydrogen-bond acceptors (Lipinski definition) is 5. The van der Waals surface area contributed by atoms with Crippen LogP contribution >= 0.6 is 12.2 Å². The van der Waals surface area contributed by atoms with Crippen molar-refractivity contribution < 1.29 is 5.11 Å². The summed E-state index contributed by atoms with van der Waals surface area (Å²) >= 11 is 5.15. The Morgan fingerprint density at radius 3 is 2.40 bits per heavy atom. The third-order valence-electron chi connectivity index (χ3n) is 3.28. The first kappa shape index (κ1) is 18.6. The maximum absolute atomic E-state index is 9.32. The highest BCUT2D eigenvalue weighted by atomic mass is 32.1. The van der Waals surface area contributed by atoms with E-state index in [1.807, 2.05) is 32.0 Å². The molecular formula is C17H22N6OS. The van der Waals surface area contributed by atoms with Crippen LogP contribution in [-0.4, -0.2) is 39.7 Å². The van der Waals surface area contributed by atoms with Gasteiger partial charge in [-0.2, -0.15) is 0 Å². The highest BCUT2D eigenvalue weighted by molar-refractivity contribution is 7.80. The van der Waals surface area contributed by atoms with E-state index in [9.17, 15) is 5.11 Å². The average molecular weight is 358 g/mol. The monoisotopic (exact) mass is 358 g/mol. The molecule has 1 aromatic heterocycles. The number of phenols is 1. The molecule has 1 aromatic carbocycles. The lowest BCUT2D eigenvalue weighted by Crippen LogP contribution is -2.41. The number of hydrogen-bond donors (Lipinski definition) is 4. The van der Waals surface area contributed by atoms with Crippen LogP contribution in [0.15, 0.2) is 35.3 Å².